The van der Waals surface area contributed by atoms with Crippen LogP contribution >= 0.6 is 0 Å². The largest absolute Gasteiger partial charge is 0.477 e. The van der Waals surface area contributed by atoms with Gasteiger partial charge in [-0.15, -0.1) is 0 Å². The molecule has 1 heterocycles. The quantitative estimate of drug-likeness (QED) is 0.463. The first-order chi connectivity index (χ1) is 16.2. The zero-order chi connectivity index (χ0) is 26.0. The summed E-state index contributed by atoms with van der Waals surface area (Å²) in [5.74, 6) is -2.69. The lowest BCUT2D eigenvalue weighted by molar-refractivity contribution is -0.175. The van der Waals surface area contributed by atoms with E-state index in [4.69, 9.17) is 13.7 Å². The van der Waals surface area contributed by atoms with Crippen LogP contribution in [0.3, 0.4) is 0 Å². The molecule has 3 rings (SSSR count). The summed E-state index contributed by atoms with van der Waals surface area (Å²) in [7, 11) is -4.31. The van der Waals surface area contributed by atoms with Gasteiger partial charge >= 0.3 is 18.0 Å². The minimum absolute atomic E-state index is 0.0499. The highest BCUT2D eigenvalue weighted by Gasteiger charge is 2.59. The summed E-state index contributed by atoms with van der Waals surface area (Å²) in [6.45, 7) is 6.02. The van der Waals surface area contributed by atoms with Gasteiger partial charge in [0.2, 0.25) is 0 Å². The minimum atomic E-state index is -4.31. The second-order valence-electron chi connectivity index (χ2n) is 9.13. The smallest absolute Gasteiger partial charge is 0.413 e. The summed E-state index contributed by atoms with van der Waals surface area (Å²) in [5.41, 5.74) is -2.67. The van der Waals surface area contributed by atoms with Crippen molar-refractivity contribution in [3.8, 4) is 0 Å². The molecule has 35 heavy (non-hydrogen) atoms. The summed E-state index contributed by atoms with van der Waals surface area (Å²) in [6, 6.07) is 13.5. The lowest BCUT2D eigenvalue weighted by Gasteiger charge is -2.34. The average molecular weight is 506 g/mol. The van der Waals surface area contributed by atoms with Crippen LogP contribution in [0.25, 0.3) is 0 Å². The van der Waals surface area contributed by atoms with Crippen LogP contribution in [-0.4, -0.2) is 60.4 Å². The monoisotopic (exact) mass is 505 g/mol. The lowest BCUT2D eigenvalue weighted by atomic mass is 10.1. The predicted octanol–water partition coefficient (Wildman–Crippen LogP) is 3.35. The summed E-state index contributed by atoms with van der Waals surface area (Å²) in [5, 5.41) is 10.1. The Kier molecular flexibility index (Phi) is 7.23. The molecule has 1 amide bonds. The van der Waals surface area contributed by atoms with Gasteiger partial charge in [0.25, 0.3) is 15.8 Å². The van der Waals surface area contributed by atoms with Crippen LogP contribution in [0.2, 0.25) is 0 Å². The highest BCUT2D eigenvalue weighted by Crippen LogP contribution is 2.36. The van der Waals surface area contributed by atoms with Gasteiger partial charge in [-0.2, -0.15) is 8.42 Å². The van der Waals surface area contributed by atoms with E-state index in [2.05, 4.69) is 0 Å². The van der Waals surface area contributed by atoms with Crippen LogP contribution in [-0.2, 0) is 28.6 Å². The minimum Gasteiger partial charge on any atom is -0.477 e. The Hall–Kier alpha value is -3.44. The Bertz CT molecular complexity index is 1200. The highest BCUT2D eigenvalue weighted by molar-refractivity contribution is 7.86. The lowest BCUT2D eigenvalue weighted by Crippen LogP contribution is -2.56. The molecular weight excluding hydrogens is 478 g/mol. The number of aliphatic carboxylic acids is 1. The molecule has 0 aliphatic carbocycles. The normalized spacial score (nSPS) is 20.3. The number of carboxylic acid groups (broad SMARTS) is 1. The fourth-order valence-electron chi connectivity index (χ4n) is 3.51. The van der Waals surface area contributed by atoms with E-state index in [1.54, 1.807) is 58.0 Å². The summed E-state index contributed by atoms with van der Waals surface area (Å²) in [6.07, 6.45) is -3.06. The zero-order valence-corrected chi connectivity index (χ0v) is 20.6. The third kappa shape index (κ3) is 5.98. The van der Waals surface area contributed by atoms with Gasteiger partial charge in [-0.1, -0.05) is 35.9 Å². The van der Waals surface area contributed by atoms with Crippen molar-refractivity contribution >= 4 is 28.1 Å². The second-order valence-corrected chi connectivity index (χ2v) is 10.7. The standard InChI is InChI=1S/C24H27NO9S/c1-16-10-12-19(13-11-16)35(30,31)34-18-14-24(21(27)28,25(15-18)22(29)33-23(2,3)4)32-20(26)17-8-6-5-7-9-17/h5-13,18H,14-15H2,1-4H3,(H,27,28)/t18?,24-/m1/s1. The first-order valence-electron chi connectivity index (χ1n) is 10.8. The van der Waals surface area contributed by atoms with E-state index in [0.717, 1.165) is 5.56 Å². The van der Waals surface area contributed by atoms with E-state index in [-0.39, 0.29) is 10.5 Å². The second kappa shape index (κ2) is 9.67. The molecule has 10 nitrogen and oxygen atoms in total. The topological polar surface area (TPSA) is 137 Å². The number of likely N-dealkylation sites (tertiary alicyclic amines) is 1. The molecule has 2 aromatic carbocycles. The summed E-state index contributed by atoms with van der Waals surface area (Å²) < 4.78 is 41.6. The van der Waals surface area contributed by atoms with Crippen molar-refractivity contribution < 1.29 is 41.6 Å². The molecule has 1 N–H and O–H groups in total. The molecule has 1 fully saturated rings. The number of carbonyl (C=O) groups is 3. The zero-order valence-electron chi connectivity index (χ0n) is 19.8. The first-order valence-corrected chi connectivity index (χ1v) is 12.2. The molecule has 1 aliphatic heterocycles. The maximum atomic E-state index is 13.0. The summed E-state index contributed by atoms with van der Waals surface area (Å²) in [4.78, 5) is 38.7. The van der Waals surface area contributed by atoms with Gasteiger partial charge in [0, 0.05) is 6.42 Å². The molecule has 11 heteroatoms. The van der Waals surface area contributed by atoms with Crippen molar-refractivity contribution in [3.63, 3.8) is 0 Å². The van der Waals surface area contributed by atoms with Crippen molar-refractivity contribution in [2.45, 2.75) is 56.4 Å². The molecule has 1 aliphatic rings. The van der Waals surface area contributed by atoms with Crippen LogP contribution < -0.4 is 0 Å². The van der Waals surface area contributed by atoms with Gasteiger partial charge < -0.3 is 14.6 Å². The molecule has 0 radical (unpaired) electrons. The van der Waals surface area contributed by atoms with Crippen LogP contribution in [0.4, 0.5) is 4.79 Å². The van der Waals surface area contributed by atoms with E-state index in [1.165, 1.54) is 24.3 Å². The van der Waals surface area contributed by atoms with E-state index >= 15 is 0 Å². The van der Waals surface area contributed by atoms with Crippen molar-refractivity contribution in [3.05, 3.63) is 65.7 Å². The van der Waals surface area contributed by atoms with Crippen molar-refractivity contribution in [1.82, 2.24) is 4.90 Å². The number of hydrogen-bond acceptors (Lipinski definition) is 8. The third-order valence-electron chi connectivity index (χ3n) is 5.12. The Morgan fingerprint density at radius 1 is 1.03 bits per heavy atom. The van der Waals surface area contributed by atoms with Gasteiger partial charge in [-0.05, 0) is 52.0 Å². The van der Waals surface area contributed by atoms with Gasteiger partial charge in [0.15, 0.2) is 0 Å². The number of carboxylic acids is 1. The van der Waals surface area contributed by atoms with Crippen LogP contribution in [0, 0.1) is 6.92 Å². The maximum absolute atomic E-state index is 13.0. The number of ether oxygens (including phenoxy) is 2. The SMILES string of the molecule is Cc1ccc(S(=O)(=O)OC2CN(C(=O)OC(C)(C)C)[C@](OC(=O)c3ccccc3)(C(=O)O)C2)cc1. The molecule has 0 bridgehead atoms. The third-order valence-corrected chi connectivity index (χ3v) is 6.49. The molecule has 0 aromatic heterocycles. The molecule has 2 aromatic rings. The number of carbonyl (C=O) groups excluding carboxylic acids is 2. The number of benzene rings is 2. The number of esters is 1. The number of nitrogens with zero attached hydrogens (tertiary/aromatic N) is 1. The molecule has 1 saturated heterocycles. The van der Waals surface area contributed by atoms with Crippen molar-refractivity contribution in [2.24, 2.45) is 0 Å². The van der Waals surface area contributed by atoms with Crippen LogP contribution in [0.1, 0.15) is 43.1 Å². The van der Waals surface area contributed by atoms with Gasteiger partial charge in [0.05, 0.1) is 17.0 Å². The molecule has 0 saturated carbocycles. The fourth-order valence-corrected chi connectivity index (χ4v) is 4.57. The van der Waals surface area contributed by atoms with E-state index in [0.29, 0.717) is 4.90 Å². The number of hydrogen-bond donors (Lipinski definition) is 1. The molecule has 188 valence electrons. The maximum Gasteiger partial charge on any atom is 0.413 e. The Balaban J connectivity index is 1.96. The summed E-state index contributed by atoms with van der Waals surface area (Å²) >= 11 is 0. The Morgan fingerprint density at radius 3 is 2.17 bits per heavy atom. The number of aryl methyl sites for hydroxylation is 1. The average Bonchev–Trinajstić information content (AvgIpc) is 3.12. The van der Waals surface area contributed by atoms with Gasteiger partial charge in [0.1, 0.15) is 11.7 Å². The van der Waals surface area contributed by atoms with Crippen LogP contribution in [0.15, 0.2) is 59.5 Å². The van der Waals surface area contributed by atoms with E-state index in [9.17, 15) is 27.9 Å². The van der Waals surface area contributed by atoms with E-state index < -0.39 is 58.5 Å². The molecular formula is C24H27NO9S. The van der Waals surface area contributed by atoms with Crippen molar-refractivity contribution in [1.29, 1.82) is 0 Å². The molecule has 2 atom stereocenters. The van der Waals surface area contributed by atoms with E-state index in [1.807, 2.05) is 0 Å². The van der Waals surface area contributed by atoms with Gasteiger partial charge in [-0.25, -0.2) is 14.4 Å². The van der Waals surface area contributed by atoms with Crippen LogP contribution in [0.5, 0.6) is 0 Å². The Labute approximate surface area is 203 Å². The highest BCUT2D eigenvalue weighted by atomic mass is 32.2. The molecule has 0 spiro atoms. The van der Waals surface area contributed by atoms with Crippen molar-refractivity contribution in [2.75, 3.05) is 6.54 Å². The number of amides is 1. The molecule has 1 unspecified atom stereocenters. The number of rotatable bonds is 6. The predicted molar refractivity (Wildman–Crippen MR) is 123 cm³/mol. The van der Waals surface area contributed by atoms with Gasteiger partial charge in [-0.3, -0.25) is 9.08 Å². The first kappa shape index (κ1) is 26.2. The fraction of sp³-hybridized carbons (Fsp3) is 0.375. The Morgan fingerprint density at radius 2 is 1.63 bits per heavy atom.